The van der Waals surface area contributed by atoms with Crippen molar-refractivity contribution in [3.8, 4) is 11.8 Å². The van der Waals surface area contributed by atoms with Crippen molar-refractivity contribution < 1.29 is 55.2 Å². The van der Waals surface area contributed by atoms with Crippen LogP contribution in [-0.4, -0.2) is 59.7 Å². The second kappa shape index (κ2) is 15.3. The molecule has 3 N–H and O–H groups in total. The van der Waals surface area contributed by atoms with Crippen LogP contribution < -0.4 is 15.4 Å². The number of alkyl halides is 6. The minimum absolute atomic E-state index is 0.00469. The zero-order valence-corrected chi connectivity index (χ0v) is 26.9. The standard InChI is InChI=1S/C33H33F6N5O6/c1-3-31(41)16-24(23-15-21(32(34,35)36)6-7-26(23)44(31)30(47)50-8-4-5-28(45)46)29-42-18-27(49-10-9-48-2)25(43-29)14-19-11-20(17-40)13-22(12-19)33(37,38)39/h6-7,11-13,15,18,24H,3-5,8-10,14,16,41H2,1-2H3,(H,45,46)/t24-,31+/m0/s1. The van der Waals surface area contributed by atoms with Crippen LogP contribution in [0.25, 0.3) is 0 Å². The maximum absolute atomic E-state index is 14.0. The van der Waals surface area contributed by atoms with Crippen LogP contribution in [0.5, 0.6) is 5.75 Å². The van der Waals surface area contributed by atoms with E-state index in [4.69, 9.17) is 25.1 Å². The van der Waals surface area contributed by atoms with Gasteiger partial charge in [0.05, 0.1) is 53.6 Å². The van der Waals surface area contributed by atoms with Gasteiger partial charge in [-0.25, -0.2) is 14.8 Å². The van der Waals surface area contributed by atoms with Crippen molar-refractivity contribution in [1.29, 1.82) is 5.26 Å². The van der Waals surface area contributed by atoms with Crippen LogP contribution in [0.4, 0.5) is 36.8 Å². The largest absolute Gasteiger partial charge is 0.488 e. The van der Waals surface area contributed by atoms with Crippen LogP contribution >= 0.6 is 0 Å². The Hall–Kier alpha value is -4.95. The van der Waals surface area contributed by atoms with E-state index in [0.717, 1.165) is 29.2 Å². The van der Waals surface area contributed by atoms with Crippen LogP contribution in [0.2, 0.25) is 0 Å². The third kappa shape index (κ3) is 8.79. The first-order valence-corrected chi connectivity index (χ1v) is 15.3. The molecule has 0 fully saturated rings. The number of rotatable bonds is 12. The summed E-state index contributed by atoms with van der Waals surface area (Å²) in [5.41, 5.74) is 2.93. The lowest BCUT2D eigenvalue weighted by Crippen LogP contribution is -2.61. The van der Waals surface area contributed by atoms with Crippen LogP contribution in [0.3, 0.4) is 0 Å². The minimum atomic E-state index is -4.78. The third-order valence-corrected chi connectivity index (χ3v) is 8.05. The number of methoxy groups -OCH3 is 1. The fraction of sp³-hybridized carbons (Fsp3) is 0.424. The molecule has 0 unspecified atom stereocenters. The number of fused-ring (bicyclic) bond motifs is 1. The maximum Gasteiger partial charge on any atom is 0.416 e. The second-order valence-electron chi connectivity index (χ2n) is 11.5. The number of aliphatic carboxylic acids is 1. The molecule has 2 heterocycles. The summed E-state index contributed by atoms with van der Waals surface area (Å²) in [5, 5.41) is 18.3. The topological polar surface area (TPSA) is 161 Å². The molecule has 1 aliphatic heterocycles. The second-order valence-corrected chi connectivity index (χ2v) is 11.5. The van der Waals surface area contributed by atoms with Gasteiger partial charge in [0.2, 0.25) is 0 Å². The average molecular weight is 710 g/mol. The third-order valence-electron chi connectivity index (χ3n) is 8.05. The molecule has 1 aromatic heterocycles. The number of nitriles is 1. The lowest BCUT2D eigenvalue weighted by molar-refractivity contribution is -0.138. The molecular formula is C33H33F6N5O6. The molecule has 1 aliphatic rings. The first-order valence-electron chi connectivity index (χ1n) is 15.3. The molecular weight excluding hydrogens is 676 g/mol. The highest BCUT2D eigenvalue weighted by molar-refractivity contribution is 5.91. The van der Waals surface area contributed by atoms with Crippen LogP contribution in [0, 0.1) is 11.3 Å². The van der Waals surface area contributed by atoms with E-state index in [9.17, 15) is 41.2 Å². The van der Waals surface area contributed by atoms with E-state index in [2.05, 4.69) is 9.97 Å². The monoisotopic (exact) mass is 709 g/mol. The zero-order valence-electron chi connectivity index (χ0n) is 26.9. The van der Waals surface area contributed by atoms with Crippen molar-refractivity contribution in [3.63, 3.8) is 0 Å². The predicted octanol–water partition coefficient (Wildman–Crippen LogP) is 6.41. The maximum atomic E-state index is 14.0. The van der Waals surface area contributed by atoms with Crippen LogP contribution in [0.1, 0.15) is 77.9 Å². The molecule has 17 heteroatoms. The molecule has 2 atom stereocenters. The van der Waals surface area contributed by atoms with E-state index in [-0.39, 0.29) is 91.6 Å². The Morgan fingerprint density at radius 3 is 2.42 bits per heavy atom. The van der Waals surface area contributed by atoms with E-state index in [1.54, 1.807) is 13.0 Å². The smallest absolute Gasteiger partial charge is 0.416 e. The number of carboxylic acid groups (broad SMARTS) is 1. The SMILES string of the molecule is CC[C@]1(N)C[C@H](c2ncc(OCCOC)c(Cc3cc(C#N)cc(C(F)(F)F)c3)n2)c2cc(C(F)(F)F)ccc2N1C(=O)OCCCC(=O)O. The number of benzene rings is 2. The summed E-state index contributed by atoms with van der Waals surface area (Å²) >= 11 is 0. The lowest BCUT2D eigenvalue weighted by atomic mass is 9.80. The summed E-state index contributed by atoms with van der Waals surface area (Å²) in [5.74, 6) is -2.16. The fourth-order valence-corrected chi connectivity index (χ4v) is 5.56. The first kappa shape index (κ1) is 37.9. The highest BCUT2D eigenvalue weighted by Crippen LogP contribution is 2.47. The number of carboxylic acids is 1. The van der Waals surface area contributed by atoms with Gasteiger partial charge in [-0.3, -0.25) is 9.69 Å². The molecule has 0 radical (unpaired) electrons. The molecule has 50 heavy (non-hydrogen) atoms. The van der Waals surface area contributed by atoms with Crippen molar-refractivity contribution in [2.24, 2.45) is 5.73 Å². The molecule has 0 bridgehead atoms. The van der Waals surface area contributed by atoms with Crippen molar-refractivity contribution >= 4 is 17.7 Å². The zero-order chi connectivity index (χ0) is 36.9. The molecule has 0 aliphatic carbocycles. The number of anilines is 1. The molecule has 2 aromatic carbocycles. The van der Waals surface area contributed by atoms with Gasteiger partial charge in [-0.15, -0.1) is 0 Å². The number of hydrogen-bond donors (Lipinski definition) is 2. The molecule has 4 rings (SSSR count). The average Bonchev–Trinajstić information content (AvgIpc) is 3.05. The summed E-state index contributed by atoms with van der Waals surface area (Å²) < 4.78 is 98.9. The fourth-order valence-electron chi connectivity index (χ4n) is 5.56. The molecule has 0 spiro atoms. The van der Waals surface area contributed by atoms with Crippen LogP contribution in [0.15, 0.2) is 42.6 Å². The Morgan fingerprint density at radius 1 is 1.08 bits per heavy atom. The Bertz CT molecular complexity index is 1760. The van der Waals surface area contributed by atoms with Crippen molar-refractivity contribution in [1.82, 2.24) is 9.97 Å². The van der Waals surface area contributed by atoms with Crippen molar-refractivity contribution in [3.05, 3.63) is 81.9 Å². The Morgan fingerprint density at radius 2 is 1.80 bits per heavy atom. The number of nitrogens with zero attached hydrogens (tertiary/aromatic N) is 4. The van der Waals surface area contributed by atoms with Gasteiger partial charge < -0.3 is 25.1 Å². The number of carbonyl (C=O) groups is 2. The number of nitrogens with two attached hydrogens (primary N) is 1. The normalized spacial score (nSPS) is 17.5. The van der Waals surface area contributed by atoms with E-state index in [0.29, 0.717) is 6.07 Å². The molecule has 0 saturated carbocycles. The molecule has 0 saturated heterocycles. The number of ether oxygens (including phenoxy) is 3. The van der Waals surface area contributed by atoms with E-state index in [1.165, 1.54) is 19.4 Å². The number of carbonyl (C=O) groups excluding carboxylic acids is 1. The number of aromatic nitrogens is 2. The highest BCUT2D eigenvalue weighted by Gasteiger charge is 2.47. The summed E-state index contributed by atoms with van der Waals surface area (Å²) in [6, 6.07) is 7.23. The van der Waals surface area contributed by atoms with Crippen molar-refractivity contribution in [2.45, 2.75) is 63.0 Å². The summed E-state index contributed by atoms with van der Waals surface area (Å²) in [6.07, 6.45) is -10.00. The van der Waals surface area contributed by atoms with Gasteiger partial charge in [-0.2, -0.15) is 31.6 Å². The summed E-state index contributed by atoms with van der Waals surface area (Å²) in [6.45, 7) is 1.50. The van der Waals surface area contributed by atoms with E-state index in [1.807, 2.05) is 0 Å². The highest BCUT2D eigenvalue weighted by atomic mass is 19.4. The van der Waals surface area contributed by atoms with Gasteiger partial charge in [0.1, 0.15) is 18.1 Å². The van der Waals surface area contributed by atoms with E-state index < -0.39 is 47.1 Å². The van der Waals surface area contributed by atoms with Gasteiger partial charge in [0.25, 0.3) is 0 Å². The van der Waals surface area contributed by atoms with Crippen LogP contribution in [-0.2, 0) is 33.0 Å². The molecule has 268 valence electrons. The quantitative estimate of drug-likeness (QED) is 0.159. The lowest BCUT2D eigenvalue weighted by Gasteiger charge is -2.46. The van der Waals surface area contributed by atoms with Gasteiger partial charge in [0.15, 0.2) is 5.75 Å². The number of amides is 1. The predicted molar refractivity (Wildman–Crippen MR) is 164 cm³/mol. The molecule has 11 nitrogen and oxygen atoms in total. The Labute approximate surface area is 282 Å². The molecule has 3 aromatic rings. The Kier molecular flexibility index (Phi) is 11.6. The summed E-state index contributed by atoms with van der Waals surface area (Å²) in [4.78, 5) is 34.3. The first-order chi connectivity index (χ1) is 23.5. The van der Waals surface area contributed by atoms with Gasteiger partial charge in [-0.05, 0) is 66.8 Å². The van der Waals surface area contributed by atoms with Crippen molar-refractivity contribution in [2.75, 3.05) is 31.8 Å². The number of hydrogen-bond acceptors (Lipinski definition) is 9. The number of halogens is 6. The Balaban J connectivity index is 1.85. The minimum Gasteiger partial charge on any atom is -0.488 e. The van der Waals surface area contributed by atoms with Gasteiger partial charge in [0, 0.05) is 25.9 Å². The summed E-state index contributed by atoms with van der Waals surface area (Å²) in [7, 11) is 1.42. The molecule has 1 amide bonds. The van der Waals surface area contributed by atoms with E-state index >= 15 is 0 Å². The van der Waals surface area contributed by atoms with Gasteiger partial charge >= 0.3 is 24.4 Å². The van der Waals surface area contributed by atoms with Gasteiger partial charge in [-0.1, -0.05) is 6.92 Å².